The lowest BCUT2D eigenvalue weighted by molar-refractivity contribution is -0.155. The number of fused-ring (bicyclic) bond motifs is 6. The van der Waals surface area contributed by atoms with Gasteiger partial charge in [0, 0.05) is 11.3 Å². The maximum absolute atomic E-state index is 13.3. The molecule has 176 valence electrons. The van der Waals surface area contributed by atoms with Crippen LogP contribution in [0.3, 0.4) is 0 Å². The van der Waals surface area contributed by atoms with E-state index in [1.807, 2.05) is 0 Å². The van der Waals surface area contributed by atoms with E-state index in [1.54, 1.807) is 0 Å². The van der Waals surface area contributed by atoms with E-state index in [-0.39, 0.29) is 28.8 Å². The first kappa shape index (κ1) is 21.6. The Bertz CT molecular complexity index is 1050. The highest BCUT2D eigenvalue weighted by Crippen LogP contribution is 2.69. The standard InChI is InChI=1S/C30H38O3/c1-28(2)25(18-8-6-5-7-9-18)22-17-24-21-11-10-19-16-20(31)12-14-29(19,3)23(21)13-15-30(24,4)26(22)33-27(28)32/h5-10,20-21,23-25,31H,11-17H2,1-4H3/t20-,21-,23-,24+,25+,29-,30+/m0/s1. The van der Waals surface area contributed by atoms with E-state index in [2.05, 4.69) is 64.1 Å². The summed E-state index contributed by atoms with van der Waals surface area (Å²) in [5, 5.41) is 10.3. The molecular formula is C30H38O3. The summed E-state index contributed by atoms with van der Waals surface area (Å²) < 4.78 is 6.27. The van der Waals surface area contributed by atoms with E-state index in [0.29, 0.717) is 17.8 Å². The fraction of sp³-hybridized carbons (Fsp3) is 0.633. The van der Waals surface area contributed by atoms with Gasteiger partial charge in [-0.3, -0.25) is 4.79 Å². The molecule has 3 nitrogen and oxygen atoms in total. The van der Waals surface area contributed by atoms with Gasteiger partial charge in [-0.05, 0) is 93.1 Å². The molecule has 0 bridgehead atoms. The highest BCUT2D eigenvalue weighted by atomic mass is 16.5. The Balaban J connectivity index is 1.41. The first-order chi connectivity index (χ1) is 15.7. The molecule has 1 aliphatic heterocycles. The molecule has 1 N–H and O–H groups in total. The molecule has 1 aromatic rings. The molecule has 2 saturated carbocycles. The largest absolute Gasteiger partial charge is 0.430 e. The Morgan fingerprint density at radius 3 is 2.42 bits per heavy atom. The lowest BCUT2D eigenvalue weighted by Gasteiger charge is -2.57. The zero-order valence-electron chi connectivity index (χ0n) is 20.6. The number of aliphatic hydroxyl groups excluding tert-OH is 1. The number of benzene rings is 1. The molecule has 5 aliphatic rings. The van der Waals surface area contributed by atoms with Gasteiger partial charge < -0.3 is 9.84 Å². The molecule has 3 heteroatoms. The molecule has 4 aliphatic carbocycles. The van der Waals surface area contributed by atoms with Gasteiger partial charge in [0.1, 0.15) is 5.76 Å². The second-order valence-corrected chi connectivity index (χ2v) is 12.6. The number of ether oxygens (including phenoxy) is 1. The van der Waals surface area contributed by atoms with Crippen molar-refractivity contribution in [3.05, 3.63) is 58.9 Å². The SMILES string of the molecule is CC1(C)C(=O)OC2=C(C[C@@H]3[C@H]4CC=C5C[C@@H](O)CC[C@]5(C)[C@H]4CC[C@@]23C)[C@H]1c1ccccc1. The first-order valence-electron chi connectivity index (χ1n) is 13.0. The maximum Gasteiger partial charge on any atom is 0.317 e. The zero-order chi connectivity index (χ0) is 23.2. The summed E-state index contributed by atoms with van der Waals surface area (Å²) in [5.41, 5.74) is 3.75. The molecule has 0 aromatic heterocycles. The van der Waals surface area contributed by atoms with Gasteiger partial charge in [0.15, 0.2) is 0 Å². The number of aliphatic hydroxyl groups is 1. The van der Waals surface area contributed by atoms with Crippen LogP contribution in [0.25, 0.3) is 0 Å². The van der Waals surface area contributed by atoms with Gasteiger partial charge in [-0.25, -0.2) is 0 Å². The molecule has 0 amide bonds. The van der Waals surface area contributed by atoms with Crippen molar-refractivity contribution in [1.82, 2.24) is 0 Å². The number of hydrogen-bond donors (Lipinski definition) is 1. The highest BCUT2D eigenvalue weighted by molar-refractivity contribution is 5.81. The van der Waals surface area contributed by atoms with E-state index in [1.165, 1.54) is 23.1 Å². The van der Waals surface area contributed by atoms with Crippen molar-refractivity contribution in [3.63, 3.8) is 0 Å². The monoisotopic (exact) mass is 446 g/mol. The molecular weight excluding hydrogens is 408 g/mol. The first-order valence-corrected chi connectivity index (χ1v) is 13.0. The Labute approximate surface area is 198 Å². The summed E-state index contributed by atoms with van der Waals surface area (Å²) in [6.45, 7) is 8.99. The number of carbonyl (C=O) groups excluding carboxylic acids is 1. The smallest absolute Gasteiger partial charge is 0.317 e. The number of allylic oxidation sites excluding steroid dienone is 3. The van der Waals surface area contributed by atoms with Gasteiger partial charge in [0.2, 0.25) is 0 Å². The summed E-state index contributed by atoms with van der Waals surface area (Å²) in [5.74, 6) is 2.85. The third-order valence-corrected chi connectivity index (χ3v) is 10.6. The van der Waals surface area contributed by atoms with Crippen molar-refractivity contribution in [3.8, 4) is 0 Å². The minimum absolute atomic E-state index is 0.0500. The van der Waals surface area contributed by atoms with E-state index >= 15 is 0 Å². The average Bonchev–Trinajstić information content (AvgIpc) is 3.07. The summed E-state index contributed by atoms with van der Waals surface area (Å²) >= 11 is 0. The van der Waals surface area contributed by atoms with Crippen molar-refractivity contribution >= 4 is 5.97 Å². The van der Waals surface area contributed by atoms with Crippen LogP contribution in [0.15, 0.2) is 53.3 Å². The molecule has 0 radical (unpaired) electrons. The lowest BCUT2D eigenvalue weighted by atomic mass is 9.48. The Morgan fingerprint density at radius 2 is 1.67 bits per heavy atom. The van der Waals surface area contributed by atoms with Crippen LogP contribution in [0, 0.1) is 34.0 Å². The minimum atomic E-state index is -0.561. The van der Waals surface area contributed by atoms with Crippen LogP contribution in [0.5, 0.6) is 0 Å². The molecule has 1 aromatic carbocycles. The maximum atomic E-state index is 13.3. The zero-order valence-corrected chi connectivity index (χ0v) is 20.6. The van der Waals surface area contributed by atoms with Crippen molar-refractivity contribution in [2.75, 3.05) is 0 Å². The number of hydrogen-bond acceptors (Lipinski definition) is 3. The Hall–Kier alpha value is -1.87. The molecule has 0 saturated heterocycles. The van der Waals surface area contributed by atoms with Crippen molar-refractivity contribution in [2.24, 2.45) is 34.0 Å². The lowest BCUT2D eigenvalue weighted by Crippen LogP contribution is -2.50. The fourth-order valence-electron chi connectivity index (χ4n) is 8.79. The fourth-order valence-corrected chi connectivity index (χ4v) is 8.79. The second kappa shape index (κ2) is 7.07. The molecule has 33 heavy (non-hydrogen) atoms. The number of rotatable bonds is 1. The topological polar surface area (TPSA) is 46.5 Å². The van der Waals surface area contributed by atoms with Crippen LogP contribution in [-0.4, -0.2) is 17.2 Å². The third kappa shape index (κ3) is 2.87. The molecule has 6 rings (SSSR count). The van der Waals surface area contributed by atoms with Crippen molar-refractivity contribution < 1.29 is 14.6 Å². The number of esters is 1. The van der Waals surface area contributed by atoms with E-state index < -0.39 is 5.41 Å². The Kier molecular flexibility index (Phi) is 4.64. The van der Waals surface area contributed by atoms with Crippen LogP contribution in [-0.2, 0) is 9.53 Å². The summed E-state index contributed by atoms with van der Waals surface area (Å²) in [6, 6.07) is 10.6. The van der Waals surface area contributed by atoms with Crippen molar-refractivity contribution in [2.45, 2.75) is 84.7 Å². The second-order valence-electron chi connectivity index (χ2n) is 12.6. The van der Waals surface area contributed by atoms with Crippen LogP contribution in [0.4, 0.5) is 0 Å². The van der Waals surface area contributed by atoms with Crippen LogP contribution in [0.2, 0.25) is 0 Å². The van der Waals surface area contributed by atoms with E-state index in [9.17, 15) is 9.90 Å². The van der Waals surface area contributed by atoms with E-state index in [4.69, 9.17) is 4.74 Å². The van der Waals surface area contributed by atoms with Gasteiger partial charge in [0.05, 0.1) is 11.5 Å². The van der Waals surface area contributed by atoms with Gasteiger partial charge in [-0.2, -0.15) is 0 Å². The summed E-state index contributed by atoms with van der Waals surface area (Å²) in [6.07, 6.45) is 9.65. The van der Waals surface area contributed by atoms with Crippen LogP contribution < -0.4 is 0 Å². The molecule has 0 spiro atoms. The minimum Gasteiger partial charge on any atom is -0.430 e. The predicted molar refractivity (Wildman–Crippen MR) is 129 cm³/mol. The average molecular weight is 447 g/mol. The quantitative estimate of drug-likeness (QED) is 0.393. The molecule has 7 atom stereocenters. The van der Waals surface area contributed by atoms with Gasteiger partial charge in [0.25, 0.3) is 0 Å². The Morgan fingerprint density at radius 1 is 0.939 bits per heavy atom. The third-order valence-electron chi connectivity index (χ3n) is 10.6. The predicted octanol–water partition coefficient (Wildman–Crippen LogP) is 6.54. The highest BCUT2D eigenvalue weighted by Gasteiger charge is 2.62. The summed E-state index contributed by atoms with van der Waals surface area (Å²) in [4.78, 5) is 13.3. The normalized spacial score (nSPS) is 43.6. The van der Waals surface area contributed by atoms with Gasteiger partial charge >= 0.3 is 5.97 Å². The van der Waals surface area contributed by atoms with Gasteiger partial charge in [-0.15, -0.1) is 0 Å². The van der Waals surface area contributed by atoms with Crippen molar-refractivity contribution in [1.29, 1.82) is 0 Å². The van der Waals surface area contributed by atoms with E-state index in [0.717, 1.165) is 44.3 Å². The molecule has 1 heterocycles. The number of carbonyl (C=O) groups is 1. The van der Waals surface area contributed by atoms with Crippen LogP contribution >= 0.6 is 0 Å². The van der Waals surface area contributed by atoms with Gasteiger partial charge in [-0.1, -0.05) is 55.8 Å². The summed E-state index contributed by atoms with van der Waals surface area (Å²) in [7, 11) is 0. The molecule has 2 fully saturated rings. The molecule has 0 unspecified atom stereocenters. The van der Waals surface area contributed by atoms with Crippen LogP contribution in [0.1, 0.15) is 84.1 Å².